The molecule has 4 aliphatic rings. The van der Waals surface area contributed by atoms with Gasteiger partial charge in [0.25, 0.3) is 23.6 Å². The van der Waals surface area contributed by atoms with E-state index in [2.05, 4.69) is 171 Å². The number of benzene rings is 4. The predicted molar refractivity (Wildman–Crippen MR) is 483 cm³/mol. The van der Waals surface area contributed by atoms with E-state index in [1.807, 2.05) is 58.0 Å². The fourth-order valence-electron chi connectivity index (χ4n) is 17.3. The van der Waals surface area contributed by atoms with Crippen LogP contribution in [0.1, 0.15) is 242 Å². The molecule has 0 bridgehead atoms. The van der Waals surface area contributed by atoms with Crippen LogP contribution < -0.4 is 30.7 Å². The van der Waals surface area contributed by atoms with Crippen molar-refractivity contribution in [3.05, 3.63) is 189 Å². The number of amides is 4. The summed E-state index contributed by atoms with van der Waals surface area (Å²) in [5.41, 5.74) is 11.5. The molecule has 20 nitrogen and oxygen atoms in total. The highest BCUT2D eigenvalue weighted by Gasteiger charge is 2.47. The van der Waals surface area contributed by atoms with E-state index >= 15 is 0 Å². The molecule has 6 aromatic rings. The number of ether oxygens (including phenoxy) is 2. The molecule has 2 aliphatic heterocycles. The molecule has 4 amide bonds. The zero-order valence-electron chi connectivity index (χ0n) is 73.8. The van der Waals surface area contributed by atoms with Crippen molar-refractivity contribution in [3.8, 4) is 11.5 Å². The number of carbonyl (C=O) groups is 6. The number of aliphatic hydroxyl groups excluding tert-OH is 3. The van der Waals surface area contributed by atoms with E-state index < -0.39 is 26.6 Å². The van der Waals surface area contributed by atoms with E-state index in [0.717, 1.165) is 88.2 Å². The van der Waals surface area contributed by atoms with E-state index in [4.69, 9.17) is 13.9 Å². The summed E-state index contributed by atoms with van der Waals surface area (Å²) in [7, 11) is -1.91. The Balaban J connectivity index is 0.000000273. The number of nitrogens with one attached hydrogen (secondary N) is 6. The maximum atomic E-state index is 13.2. The molecule has 119 heavy (non-hydrogen) atoms. The van der Waals surface area contributed by atoms with Crippen molar-refractivity contribution in [2.45, 2.75) is 248 Å². The largest absolute Gasteiger partial charge is 0.427 e. The van der Waals surface area contributed by atoms with Gasteiger partial charge in [0.2, 0.25) is 0 Å². The number of aromatic nitrogens is 2. The summed E-state index contributed by atoms with van der Waals surface area (Å²) in [6.07, 6.45) is 24.7. The van der Waals surface area contributed by atoms with Crippen LogP contribution >= 0.6 is 0 Å². The number of aromatic amines is 2. The van der Waals surface area contributed by atoms with Crippen molar-refractivity contribution >= 4 is 78.6 Å². The van der Waals surface area contributed by atoms with Crippen molar-refractivity contribution in [1.82, 2.24) is 30.4 Å². The zero-order chi connectivity index (χ0) is 86.1. The number of aryl methyl sites for hydroxylation is 4. The second-order valence-corrected chi connectivity index (χ2v) is 39.9. The fraction of sp³-hybridized carbons (Fsp3) is 0.531. The van der Waals surface area contributed by atoms with Crippen LogP contribution in [0.25, 0.3) is 23.3 Å². The molecule has 2 aliphatic carbocycles. The summed E-state index contributed by atoms with van der Waals surface area (Å²) in [5.74, 6) is 1.49. The second kappa shape index (κ2) is 45.2. The normalized spacial score (nSPS) is 20.3. The monoisotopic (exact) mass is 1650 g/mol. The number of nitrogens with zero attached hydrogens (tertiary/aromatic N) is 2. The summed E-state index contributed by atoms with van der Waals surface area (Å²) in [6.45, 7) is 38.9. The molecule has 0 saturated heterocycles. The lowest BCUT2D eigenvalue weighted by Crippen LogP contribution is -2.45. The van der Waals surface area contributed by atoms with Gasteiger partial charge in [-0.3, -0.25) is 28.8 Å². The molecule has 10 atom stereocenters. The third-order valence-corrected chi connectivity index (χ3v) is 30.2. The first kappa shape index (κ1) is 94.1. The van der Waals surface area contributed by atoms with Crippen LogP contribution in [0.2, 0.25) is 18.1 Å². The molecule has 0 spiro atoms. The number of fused-ring (bicyclic) bond motifs is 2. The Morgan fingerprint density at radius 2 is 1.03 bits per heavy atom. The minimum atomic E-state index is -1.91. The van der Waals surface area contributed by atoms with Gasteiger partial charge in [0.05, 0.1) is 40.6 Å². The van der Waals surface area contributed by atoms with Gasteiger partial charge in [-0.05, 0) is 275 Å². The van der Waals surface area contributed by atoms with Crippen LogP contribution in [0.5, 0.6) is 11.5 Å². The lowest BCUT2D eigenvalue weighted by atomic mass is 9.82. The zero-order valence-corrected chi connectivity index (χ0v) is 74.8. The maximum absolute atomic E-state index is 13.2. The van der Waals surface area contributed by atoms with Gasteiger partial charge < -0.3 is 70.3 Å². The number of carbonyl (C=O) groups excluding carboxylic acids is 6. The summed E-state index contributed by atoms with van der Waals surface area (Å²) >= 11 is 0. The van der Waals surface area contributed by atoms with Crippen molar-refractivity contribution in [2.24, 2.45) is 35.5 Å². The molecule has 646 valence electrons. The summed E-state index contributed by atoms with van der Waals surface area (Å²) in [6, 6.07) is 31.2. The number of aliphatic hydroxyl groups is 3. The molecular weight excluding hydrogens is 1510 g/mol. The highest BCUT2D eigenvalue weighted by molar-refractivity contribution is 6.74. The Bertz CT molecular complexity index is 4470. The predicted octanol–water partition coefficient (Wildman–Crippen LogP) is 18.3. The molecule has 10 rings (SSSR count). The van der Waals surface area contributed by atoms with Gasteiger partial charge in [-0.25, -0.2) is 0 Å². The summed E-state index contributed by atoms with van der Waals surface area (Å²) < 4.78 is 18.6. The van der Waals surface area contributed by atoms with E-state index in [1.165, 1.54) is 30.4 Å². The van der Waals surface area contributed by atoms with Gasteiger partial charge in [-0.1, -0.05) is 154 Å². The first-order valence-corrected chi connectivity index (χ1v) is 47.1. The fourth-order valence-corrected chi connectivity index (χ4v) is 18.7. The average molecular weight is 1650 g/mol. The molecule has 4 aromatic carbocycles. The van der Waals surface area contributed by atoms with Crippen molar-refractivity contribution in [2.75, 3.05) is 63.0 Å². The number of anilines is 2. The van der Waals surface area contributed by atoms with Crippen molar-refractivity contribution in [3.63, 3.8) is 0 Å². The molecule has 0 unspecified atom stereocenters. The topological polar surface area (TPSA) is 277 Å². The molecule has 0 radical (unpaired) electrons. The Morgan fingerprint density at radius 3 is 1.49 bits per heavy atom. The van der Waals surface area contributed by atoms with E-state index in [9.17, 15) is 44.1 Å². The molecule has 2 fully saturated rings. The van der Waals surface area contributed by atoms with E-state index in [0.29, 0.717) is 174 Å². The SMILES string of the molecule is CCN(CC)CCNC(=O)c1c(C)[nH]c(/C=C2\C(=O)Nc3ccc(OC(=O)CCC/C=C\C[C@@H]4[C@@H](CC[C@H](C)CCc5ccccc5)[C@H](O[Si](C)(C)C(C)(C)C)C[C@@H]4C)cc32)c1C.CCN(CC)CCNC(=O)c1c(C)[nH]c(/C=C2\C(=O)Nc3ccc(OC(=O)CCC/C=C\C[C@@H]4[C@@H](CC[C@H](O)CCc5ccccc5)[C@H](O)C[C@@H]4O)cc32)c1C. The average Bonchev–Trinajstić information content (AvgIpc) is 1.62. The van der Waals surface area contributed by atoms with Crippen LogP contribution in [0, 0.1) is 63.2 Å². The van der Waals surface area contributed by atoms with E-state index in [-0.39, 0.29) is 58.9 Å². The first-order chi connectivity index (χ1) is 56.9. The Morgan fingerprint density at radius 1 is 0.580 bits per heavy atom. The number of esters is 2. The Kier molecular flexibility index (Phi) is 35.7. The maximum Gasteiger partial charge on any atom is 0.311 e. The van der Waals surface area contributed by atoms with Gasteiger partial charge in [0.1, 0.15) is 11.5 Å². The van der Waals surface area contributed by atoms with Crippen LogP contribution in [-0.4, -0.2) is 156 Å². The van der Waals surface area contributed by atoms with Crippen molar-refractivity contribution in [1.29, 1.82) is 0 Å². The second-order valence-electron chi connectivity index (χ2n) is 35.1. The number of H-pyrrole nitrogens is 2. The number of rotatable bonds is 42. The van der Waals surface area contributed by atoms with Crippen LogP contribution in [0.15, 0.2) is 121 Å². The third kappa shape index (κ3) is 26.6. The van der Waals surface area contributed by atoms with Gasteiger partial charge in [-0.15, -0.1) is 0 Å². The minimum absolute atomic E-state index is 0.0725. The Hall–Kier alpha value is -8.80. The number of likely N-dealkylation sites (N-methyl/N-ethyl adjacent to an activating group) is 2. The smallest absolute Gasteiger partial charge is 0.311 e. The molecular formula is C98H138N8O12Si. The quantitative estimate of drug-likeness (QED) is 0.00431. The highest BCUT2D eigenvalue weighted by Crippen LogP contribution is 2.49. The number of unbranched alkanes of at least 4 members (excludes halogenated alkanes) is 2. The molecule has 2 saturated carbocycles. The number of allylic oxidation sites excluding steroid dienone is 4. The third-order valence-electron chi connectivity index (χ3n) is 25.7. The van der Waals surface area contributed by atoms with Gasteiger partial charge in [0.15, 0.2) is 8.32 Å². The molecule has 9 N–H and O–H groups in total. The standard InChI is InChI=1S/C53H78N4O5Si.C45H60N4O7/c1-12-57(13-2)32-31-54-52(60)50-38(5)47(55-39(50)6)35-45-44-34-41(28-30-46(44)56-51(45)59)61-49(58)24-20-15-14-19-23-42-37(4)33-48(62-63(10,11)53(7,8)9)43(42)29-26-36(3)25-27-40-21-17-16-18-22-40;1-5-49(6-2)25-24-46-45(55)43-29(3)39(47-30(43)4)27-37-36-26-33(21-23-38(36)48-44(37)54)56-42(53)17-13-8-7-12-16-34-35(41(52)28-40(34)51)22-20-32(50)19-18-31-14-10-9-11-15-31/h14,16-19,21-22,28,30,34-37,42-43,48,55H,12-13,15,20,23-27,29,31-33H2,1-11H3,(H,54,60)(H,56,59);7,9-12,14-15,21,23,26-27,32,34-35,40-41,47,50-52H,5-6,8,13,16-20,22,24-25,28H2,1-4H3,(H,46,55)(H,48,54)/b19-14-,45-35-;12-7-,37-27-/t36-,37+,42+,43-,48-;32-,34-,35-,40+,41-/m11/s1. The first-order valence-electron chi connectivity index (χ1n) is 44.2. The van der Waals surface area contributed by atoms with Crippen LogP contribution in [-0.2, 0) is 36.4 Å². The number of hydrogen-bond donors (Lipinski definition) is 9. The summed E-state index contributed by atoms with van der Waals surface area (Å²) in [4.78, 5) is 89.4. The van der Waals surface area contributed by atoms with Gasteiger partial charge in [-0.2, -0.15) is 0 Å². The van der Waals surface area contributed by atoms with Crippen molar-refractivity contribution < 1.29 is 58.0 Å². The van der Waals surface area contributed by atoms with E-state index in [1.54, 1.807) is 48.6 Å². The van der Waals surface area contributed by atoms with Gasteiger partial charge >= 0.3 is 11.9 Å². The lowest BCUT2D eigenvalue weighted by Gasteiger charge is -2.40. The lowest BCUT2D eigenvalue weighted by molar-refractivity contribution is -0.135. The van der Waals surface area contributed by atoms with Crippen LogP contribution in [0.4, 0.5) is 11.4 Å². The van der Waals surface area contributed by atoms with Gasteiger partial charge in [0, 0.05) is 90.4 Å². The molecule has 2 aromatic heterocycles. The summed E-state index contributed by atoms with van der Waals surface area (Å²) in [5, 5.41) is 43.9. The number of hydrogen-bond acceptors (Lipinski definition) is 14. The molecule has 21 heteroatoms. The van der Waals surface area contributed by atoms with Crippen LogP contribution in [0.3, 0.4) is 0 Å². The molecule has 4 heterocycles. The minimum Gasteiger partial charge on any atom is -0.427 e. The Labute approximate surface area is 709 Å². The highest BCUT2D eigenvalue weighted by atomic mass is 28.4.